The standard InChI is InChI=1S/C25H30N5O9P/c1-15(31)35-14-37-40(34,39-17-7-5-16(6-8-17)24(2,3)4)36-11-19-21(32)22(33)25(12-26,38-19)20-10-9-18-23(27)28-13-29-30(18)20/h5-10,13,19,21-22,32-33H,11,14H2,1-4H3,(H2,27,28,29)/t19-,21-,22-,25+,40+/m1/s1. The van der Waals surface area contributed by atoms with E-state index in [0.29, 0.717) is 5.52 Å². The number of nitrogens with zero attached hydrogens (tertiary/aromatic N) is 4. The van der Waals surface area contributed by atoms with Crippen molar-refractivity contribution in [3.05, 3.63) is 54.0 Å². The van der Waals surface area contributed by atoms with Crippen molar-refractivity contribution in [3.8, 4) is 11.8 Å². The summed E-state index contributed by atoms with van der Waals surface area (Å²) in [4.78, 5) is 15.1. The van der Waals surface area contributed by atoms with Crippen molar-refractivity contribution in [1.82, 2.24) is 14.6 Å². The zero-order valence-corrected chi connectivity index (χ0v) is 23.1. The summed E-state index contributed by atoms with van der Waals surface area (Å²) in [6.45, 7) is 5.83. The van der Waals surface area contributed by atoms with E-state index in [2.05, 4.69) is 10.1 Å². The SMILES string of the molecule is CC(=O)OCO[P@](=O)(OC[C@H]1O[C@@](C#N)(c2ccc3c(N)ncnn23)[C@H](O)[C@@H]1O)Oc1ccc(C(C)(C)C)cc1. The fourth-order valence-electron chi connectivity index (χ4n) is 4.12. The topological polar surface area (TPSA) is 201 Å². The maximum absolute atomic E-state index is 13.5. The van der Waals surface area contributed by atoms with E-state index in [1.165, 1.54) is 16.6 Å². The van der Waals surface area contributed by atoms with Crippen molar-refractivity contribution in [2.45, 2.75) is 57.0 Å². The molecule has 1 saturated heterocycles. The number of carbonyl (C=O) groups is 1. The van der Waals surface area contributed by atoms with Crippen molar-refractivity contribution in [2.75, 3.05) is 19.1 Å². The minimum Gasteiger partial charge on any atom is -0.438 e. The molecule has 40 heavy (non-hydrogen) atoms. The van der Waals surface area contributed by atoms with Gasteiger partial charge in [0.15, 0.2) is 5.82 Å². The van der Waals surface area contributed by atoms with Crippen LogP contribution in [0.15, 0.2) is 42.7 Å². The van der Waals surface area contributed by atoms with Crippen molar-refractivity contribution in [1.29, 1.82) is 5.26 Å². The number of benzene rings is 1. The van der Waals surface area contributed by atoms with Gasteiger partial charge >= 0.3 is 13.8 Å². The van der Waals surface area contributed by atoms with E-state index in [1.54, 1.807) is 24.3 Å². The Kier molecular flexibility index (Phi) is 8.18. The third-order valence-electron chi connectivity index (χ3n) is 6.29. The summed E-state index contributed by atoms with van der Waals surface area (Å²) in [7, 11) is -4.48. The molecule has 14 nitrogen and oxygen atoms in total. The number of hydrogen-bond donors (Lipinski definition) is 3. The minimum absolute atomic E-state index is 0.0811. The molecule has 1 aromatic carbocycles. The lowest BCUT2D eigenvalue weighted by molar-refractivity contribution is -0.148. The fourth-order valence-corrected chi connectivity index (χ4v) is 5.19. The van der Waals surface area contributed by atoms with Crippen molar-refractivity contribution >= 4 is 25.1 Å². The number of rotatable bonds is 9. The number of esters is 1. The van der Waals surface area contributed by atoms with Crippen LogP contribution < -0.4 is 10.3 Å². The number of phosphoric acid groups is 1. The molecule has 1 aliphatic heterocycles. The van der Waals surface area contributed by atoms with Crippen molar-refractivity contribution in [3.63, 3.8) is 0 Å². The number of aromatic nitrogens is 3. The van der Waals surface area contributed by atoms with Gasteiger partial charge in [-0.3, -0.25) is 9.32 Å². The molecule has 0 spiro atoms. The van der Waals surface area contributed by atoms with Crippen molar-refractivity contribution in [2.24, 2.45) is 0 Å². The second kappa shape index (κ2) is 11.1. The molecule has 5 atom stereocenters. The Hall–Kier alpha value is -3.57. The molecule has 1 fully saturated rings. The first-order valence-corrected chi connectivity index (χ1v) is 13.6. The molecule has 214 valence electrons. The Bertz CT molecular complexity index is 1470. The highest BCUT2D eigenvalue weighted by Gasteiger charge is 2.58. The normalized spacial score (nSPS) is 24.4. The van der Waals surface area contributed by atoms with Gasteiger partial charge in [0.05, 0.1) is 12.3 Å². The van der Waals surface area contributed by atoms with Crippen LogP contribution in [0.4, 0.5) is 5.82 Å². The Morgan fingerprint density at radius 3 is 2.55 bits per heavy atom. The van der Waals surface area contributed by atoms with Crippen LogP contribution in [0.25, 0.3) is 5.52 Å². The van der Waals surface area contributed by atoms with Gasteiger partial charge in [-0.15, -0.1) is 0 Å². The number of phosphoric ester groups is 1. The van der Waals surface area contributed by atoms with Crippen LogP contribution in [0.5, 0.6) is 5.75 Å². The predicted molar refractivity (Wildman–Crippen MR) is 139 cm³/mol. The van der Waals surface area contributed by atoms with Crippen LogP contribution in [0.1, 0.15) is 39.0 Å². The van der Waals surface area contributed by atoms with E-state index in [4.69, 9.17) is 28.8 Å². The lowest BCUT2D eigenvalue weighted by Crippen LogP contribution is -2.41. The quantitative estimate of drug-likeness (QED) is 0.191. The Morgan fingerprint density at radius 2 is 1.93 bits per heavy atom. The number of ether oxygens (including phenoxy) is 2. The summed E-state index contributed by atoms with van der Waals surface area (Å²) >= 11 is 0. The number of anilines is 1. The average molecular weight is 576 g/mol. The van der Waals surface area contributed by atoms with Crippen LogP contribution >= 0.6 is 7.82 Å². The maximum atomic E-state index is 13.5. The molecule has 0 aliphatic carbocycles. The molecule has 1 aliphatic rings. The molecule has 15 heteroatoms. The van der Waals surface area contributed by atoms with Crippen LogP contribution in [0.2, 0.25) is 0 Å². The third kappa shape index (κ3) is 5.80. The first-order chi connectivity index (χ1) is 18.8. The number of nitrogen functional groups attached to an aromatic ring is 1. The molecular formula is C25H30N5O9P. The summed E-state index contributed by atoms with van der Waals surface area (Å²) in [6.07, 6.45) is -3.61. The summed E-state index contributed by atoms with van der Waals surface area (Å²) in [5.41, 5.74) is 5.07. The monoisotopic (exact) mass is 575 g/mol. The van der Waals surface area contributed by atoms with Gasteiger partial charge in [0, 0.05) is 6.92 Å². The first-order valence-electron chi connectivity index (χ1n) is 12.2. The molecule has 0 amide bonds. The van der Waals surface area contributed by atoms with Gasteiger partial charge < -0.3 is 29.9 Å². The highest BCUT2D eigenvalue weighted by Crippen LogP contribution is 2.51. The lowest BCUT2D eigenvalue weighted by Gasteiger charge is -2.24. The summed E-state index contributed by atoms with van der Waals surface area (Å²) in [5.74, 6) is -0.433. The van der Waals surface area contributed by atoms with Crippen LogP contribution in [0, 0.1) is 11.3 Å². The smallest absolute Gasteiger partial charge is 0.438 e. The molecule has 3 aromatic rings. The number of carbonyl (C=O) groups excluding carboxylic acids is 1. The molecular weight excluding hydrogens is 545 g/mol. The Balaban J connectivity index is 1.55. The number of fused-ring (bicyclic) bond motifs is 1. The van der Waals surface area contributed by atoms with Gasteiger partial charge in [0.1, 0.15) is 42.0 Å². The first kappa shape index (κ1) is 29.4. The second-order valence-electron chi connectivity index (χ2n) is 10.1. The average Bonchev–Trinajstić information content (AvgIpc) is 3.43. The summed E-state index contributed by atoms with van der Waals surface area (Å²) in [5, 5.41) is 35.8. The van der Waals surface area contributed by atoms with E-state index in [-0.39, 0.29) is 22.7 Å². The van der Waals surface area contributed by atoms with Crippen LogP contribution in [-0.4, -0.2) is 62.5 Å². The van der Waals surface area contributed by atoms with Gasteiger partial charge in [-0.1, -0.05) is 32.9 Å². The molecule has 0 saturated carbocycles. The number of hydrogen-bond acceptors (Lipinski definition) is 13. The summed E-state index contributed by atoms with van der Waals surface area (Å²) < 4.78 is 41.4. The van der Waals surface area contributed by atoms with Gasteiger partial charge in [-0.05, 0) is 35.2 Å². The lowest BCUT2D eigenvalue weighted by atomic mass is 9.87. The number of aliphatic hydroxyl groups excluding tert-OH is 2. The molecule has 4 N–H and O–H groups in total. The zero-order valence-electron chi connectivity index (χ0n) is 22.3. The van der Waals surface area contributed by atoms with Gasteiger partial charge in [0.25, 0.3) is 0 Å². The van der Waals surface area contributed by atoms with Gasteiger partial charge in [-0.25, -0.2) is 18.6 Å². The molecule has 3 heterocycles. The largest absolute Gasteiger partial charge is 0.533 e. The molecule has 0 radical (unpaired) electrons. The summed E-state index contributed by atoms with van der Waals surface area (Å²) in [6, 6.07) is 11.6. The van der Waals surface area contributed by atoms with E-state index < -0.39 is 51.1 Å². The zero-order chi connectivity index (χ0) is 29.3. The molecule has 0 unspecified atom stereocenters. The highest BCUT2D eigenvalue weighted by atomic mass is 31.2. The van der Waals surface area contributed by atoms with Crippen LogP contribution in [0.3, 0.4) is 0 Å². The maximum Gasteiger partial charge on any atom is 0.533 e. The predicted octanol–water partition coefficient (Wildman–Crippen LogP) is 2.19. The van der Waals surface area contributed by atoms with E-state index in [9.17, 15) is 24.8 Å². The van der Waals surface area contributed by atoms with E-state index in [0.717, 1.165) is 18.8 Å². The number of aliphatic hydroxyl groups is 2. The van der Waals surface area contributed by atoms with Crippen LogP contribution in [-0.2, 0) is 38.9 Å². The molecule has 2 aromatic heterocycles. The second-order valence-corrected chi connectivity index (χ2v) is 11.7. The van der Waals surface area contributed by atoms with Gasteiger partial charge in [0.2, 0.25) is 12.4 Å². The highest BCUT2D eigenvalue weighted by molar-refractivity contribution is 7.48. The Labute approximate surface area is 229 Å². The van der Waals surface area contributed by atoms with E-state index in [1.807, 2.05) is 26.8 Å². The number of nitrogens with two attached hydrogens (primary N) is 1. The van der Waals surface area contributed by atoms with E-state index >= 15 is 0 Å². The van der Waals surface area contributed by atoms with Gasteiger partial charge in [-0.2, -0.15) is 10.4 Å². The molecule has 0 bridgehead atoms. The number of nitriles is 1. The Morgan fingerprint density at radius 1 is 1.23 bits per heavy atom. The molecule has 4 rings (SSSR count). The van der Waals surface area contributed by atoms with Crippen molar-refractivity contribution < 1.29 is 42.6 Å². The minimum atomic E-state index is -4.48. The third-order valence-corrected chi connectivity index (χ3v) is 7.62. The fraction of sp³-hybridized carbons (Fsp3) is 0.440.